The fraction of sp³-hybridized carbons (Fsp3) is 0.222. The van der Waals surface area contributed by atoms with Gasteiger partial charge < -0.3 is 9.47 Å². The van der Waals surface area contributed by atoms with Crippen LogP contribution < -0.4 is 4.74 Å². The minimum Gasteiger partial charge on any atom is -0.493 e. The second-order valence-corrected chi connectivity index (χ2v) is 2.34. The van der Waals surface area contributed by atoms with Gasteiger partial charge in [-0.3, -0.25) is 0 Å². The molecule has 0 spiro atoms. The van der Waals surface area contributed by atoms with Gasteiger partial charge in [0.15, 0.2) is 11.4 Å². The van der Waals surface area contributed by atoms with Gasteiger partial charge in [0.05, 0.1) is 14.2 Å². The van der Waals surface area contributed by atoms with Crippen molar-refractivity contribution in [1.29, 1.82) is 5.26 Å². The third kappa shape index (κ3) is 1.64. The molecule has 0 saturated carbocycles. The zero-order chi connectivity index (χ0) is 10.6. The number of carbonyl (C=O) groups is 1. The first-order valence-corrected chi connectivity index (χ1v) is 3.76. The van der Waals surface area contributed by atoms with Crippen molar-refractivity contribution in [2.24, 2.45) is 0 Å². The number of rotatable bonds is 2. The molecule has 0 saturated heterocycles. The minimum absolute atomic E-state index is 0.0652. The largest absolute Gasteiger partial charge is 0.493 e. The molecule has 1 heterocycles. The predicted octanol–water partition coefficient (Wildman–Crippen LogP) is 0.748. The van der Waals surface area contributed by atoms with Crippen LogP contribution in [0.5, 0.6) is 5.75 Å². The molecular weight excluding hydrogens is 184 g/mol. The lowest BCUT2D eigenvalue weighted by Crippen LogP contribution is -2.06. The molecule has 14 heavy (non-hydrogen) atoms. The Kier molecular flexibility index (Phi) is 3.02. The Bertz CT molecular complexity index is 396. The molecule has 1 aromatic heterocycles. The van der Waals surface area contributed by atoms with Crippen molar-refractivity contribution in [3.05, 3.63) is 23.5 Å². The Morgan fingerprint density at radius 2 is 2.29 bits per heavy atom. The highest BCUT2D eigenvalue weighted by molar-refractivity contribution is 5.92. The van der Waals surface area contributed by atoms with Crippen LogP contribution in [0.2, 0.25) is 0 Å². The number of ether oxygens (including phenoxy) is 2. The van der Waals surface area contributed by atoms with Gasteiger partial charge in [-0.25, -0.2) is 9.78 Å². The van der Waals surface area contributed by atoms with Gasteiger partial charge in [0.2, 0.25) is 0 Å². The molecule has 0 aliphatic carbocycles. The molecule has 1 aromatic rings. The number of hydrogen-bond acceptors (Lipinski definition) is 5. The van der Waals surface area contributed by atoms with E-state index in [1.165, 1.54) is 26.5 Å². The Morgan fingerprint density at radius 3 is 2.79 bits per heavy atom. The molecule has 72 valence electrons. The van der Waals surface area contributed by atoms with Crippen LogP contribution in [0.3, 0.4) is 0 Å². The van der Waals surface area contributed by atoms with Crippen LogP contribution in [0.4, 0.5) is 0 Å². The zero-order valence-electron chi connectivity index (χ0n) is 7.77. The van der Waals surface area contributed by atoms with Crippen molar-refractivity contribution >= 4 is 5.97 Å². The molecule has 0 aliphatic rings. The summed E-state index contributed by atoms with van der Waals surface area (Å²) in [5.74, 6) is -0.414. The van der Waals surface area contributed by atoms with E-state index >= 15 is 0 Å². The summed E-state index contributed by atoms with van der Waals surface area (Å²) in [6, 6.07) is 3.26. The van der Waals surface area contributed by atoms with Crippen molar-refractivity contribution in [2.75, 3.05) is 14.2 Å². The molecule has 0 aliphatic heterocycles. The van der Waals surface area contributed by atoms with E-state index in [0.717, 1.165) is 0 Å². The number of esters is 1. The van der Waals surface area contributed by atoms with E-state index in [-0.39, 0.29) is 17.0 Å². The van der Waals surface area contributed by atoms with Gasteiger partial charge in [-0.15, -0.1) is 0 Å². The first-order chi connectivity index (χ1) is 6.74. The van der Waals surface area contributed by atoms with Crippen LogP contribution in [-0.2, 0) is 4.74 Å². The third-order valence-electron chi connectivity index (χ3n) is 1.62. The fourth-order valence-corrected chi connectivity index (χ4v) is 1.01. The van der Waals surface area contributed by atoms with E-state index in [2.05, 4.69) is 9.72 Å². The summed E-state index contributed by atoms with van der Waals surface area (Å²) in [7, 11) is 2.62. The summed E-state index contributed by atoms with van der Waals surface area (Å²) in [6.07, 6.45) is 1.35. The Hall–Kier alpha value is -2.09. The first-order valence-electron chi connectivity index (χ1n) is 3.76. The number of aromatic nitrogens is 1. The predicted molar refractivity (Wildman–Crippen MR) is 46.8 cm³/mol. The average Bonchev–Trinajstić information content (AvgIpc) is 2.26. The van der Waals surface area contributed by atoms with Crippen LogP contribution in [0.1, 0.15) is 16.1 Å². The summed E-state index contributed by atoms with van der Waals surface area (Å²) in [6.45, 7) is 0. The number of nitriles is 1. The van der Waals surface area contributed by atoms with Crippen molar-refractivity contribution < 1.29 is 14.3 Å². The molecule has 5 nitrogen and oxygen atoms in total. The molecule has 0 fully saturated rings. The van der Waals surface area contributed by atoms with E-state index in [1.54, 1.807) is 0 Å². The molecule has 5 heteroatoms. The number of nitrogens with zero attached hydrogens (tertiary/aromatic N) is 2. The van der Waals surface area contributed by atoms with Gasteiger partial charge in [-0.2, -0.15) is 5.26 Å². The quantitative estimate of drug-likeness (QED) is 0.646. The molecular formula is C9H8N2O3. The van der Waals surface area contributed by atoms with E-state index in [4.69, 9.17) is 10.00 Å². The highest BCUT2D eigenvalue weighted by Gasteiger charge is 2.16. The first kappa shape index (κ1) is 9.99. The second-order valence-electron chi connectivity index (χ2n) is 2.34. The Labute approximate surface area is 80.9 Å². The maximum atomic E-state index is 11.2. The lowest BCUT2D eigenvalue weighted by atomic mass is 10.2. The summed E-state index contributed by atoms with van der Waals surface area (Å²) >= 11 is 0. The number of hydrogen-bond donors (Lipinski definition) is 0. The summed E-state index contributed by atoms with van der Waals surface area (Å²) in [5.41, 5.74) is 0.261. The number of carbonyl (C=O) groups excluding carboxylic acids is 1. The average molecular weight is 192 g/mol. The van der Waals surface area contributed by atoms with Crippen molar-refractivity contribution in [3.8, 4) is 11.8 Å². The monoisotopic (exact) mass is 192 g/mol. The van der Waals surface area contributed by atoms with Crippen LogP contribution >= 0.6 is 0 Å². The maximum Gasteiger partial charge on any atom is 0.341 e. The molecule has 1 rings (SSSR count). The van der Waals surface area contributed by atoms with E-state index in [0.29, 0.717) is 0 Å². The fourth-order valence-electron chi connectivity index (χ4n) is 1.01. The number of methoxy groups -OCH3 is 2. The van der Waals surface area contributed by atoms with Gasteiger partial charge >= 0.3 is 5.97 Å². The van der Waals surface area contributed by atoms with Crippen LogP contribution in [0, 0.1) is 11.3 Å². The van der Waals surface area contributed by atoms with E-state index in [1.807, 2.05) is 6.07 Å². The second kappa shape index (κ2) is 4.23. The third-order valence-corrected chi connectivity index (χ3v) is 1.62. The Morgan fingerprint density at radius 1 is 1.57 bits per heavy atom. The van der Waals surface area contributed by atoms with Gasteiger partial charge in [-0.05, 0) is 6.07 Å². The molecule has 0 amide bonds. The van der Waals surface area contributed by atoms with Gasteiger partial charge in [0.25, 0.3) is 0 Å². The highest BCUT2D eigenvalue weighted by atomic mass is 16.5. The number of pyridine rings is 1. The normalized spacial score (nSPS) is 8.93. The highest BCUT2D eigenvalue weighted by Crippen LogP contribution is 2.21. The van der Waals surface area contributed by atoms with Crippen LogP contribution in [-0.4, -0.2) is 25.2 Å². The summed E-state index contributed by atoms with van der Waals surface area (Å²) in [4.78, 5) is 15.0. The standard InChI is InChI=1S/C9H8N2O3/c1-13-8-6(9(12)14-2)3-4-11-7(8)5-10/h3-4H,1-2H3. The smallest absolute Gasteiger partial charge is 0.341 e. The molecule has 0 N–H and O–H groups in total. The molecule has 0 radical (unpaired) electrons. The van der Waals surface area contributed by atoms with Crippen LogP contribution in [0.25, 0.3) is 0 Å². The minimum atomic E-state index is -0.555. The van der Waals surface area contributed by atoms with Gasteiger partial charge in [-0.1, -0.05) is 0 Å². The lowest BCUT2D eigenvalue weighted by Gasteiger charge is -2.06. The van der Waals surface area contributed by atoms with Crippen LogP contribution in [0.15, 0.2) is 12.3 Å². The van der Waals surface area contributed by atoms with E-state index < -0.39 is 5.97 Å². The van der Waals surface area contributed by atoms with E-state index in [9.17, 15) is 4.79 Å². The van der Waals surface area contributed by atoms with Crippen molar-refractivity contribution in [2.45, 2.75) is 0 Å². The van der Waals surface area contributed by atoms with Gasteiger partial charge in [0, 0.05) is 6.20 Å². The summed E-state index contributed by atoms with van der Waals surface area (Å²) < 4.78 is 9.43. The Balaban J connectivity index is 3.31. The zero-order valence-corrected chi connectivity index (χ0v) is 7.77. The molecule has 0 unspecified atom stereocenters. The molecule has 0 bridgehead atoms. The van der Waals surface area contributed by atoms with Crippen molar-refractivity contribution in [1.82, 2.24) is 4.98 Å². The maximum absolute atomic E-state index is 11.2. The topological polar surface area (TPSA) is 72.2 Å². The van der Waals surface area contributed by atoms with Gasteiger partial charge in [0.1, 0.15) is 11.6 Å². The lowest BCUT2D eigenvalue weighted by molar-refractivity contribution is 0.0597. The summed E-state index contributed by atoms with van der Waals surface area (Å²) in [5, 5.41) is 8.68. The molecule has 0 aromatic carbocycles. The van der Waals surface area contributed by atoms with Crippen molar-refractivity contribution in [3.63, 3.8) is 0 Å². The SMILES string of the molecule is COC(=O)c1ccnc(C#N)c1OC. The molecule has 0 atom stereocenters.